The molecule has 0 saturated carbocycles. The van der Waals surface area contributed by atoms with E-state index < -0.39 is 0 Å². The molecule has 3 aromatic carbocycles. The fourth-order valence-electron chi connectivity index (χ4n) is 3.60. The van der Waals surface area contributed by atoms with Crippen LogP contribution in [0.25, 0.3) is 0 Å². The Morgan fingerprint density at radius 3 is 1.93 bits per heavy atom. The van der Waals surface area contributed by atoms with Gasteiger partial charge in [-0.15, -0.1) is 0 Å². The first-order chi connectivity index (χ1) is 14.2. The van der Waals surface area contributed by atoms with Crippen molar-refractivity contribution < 1.29 is 9.53 Å². The first kappa shape index (κ1) is 17.5. The number of rotatable bonds is 2. The molecule has 6 heteroatoms. The molecule has 5 nitrogen and oxygen atoms in total. The highest BCUT2D eigenvalue weighted by Gasteiger charge is 2.45. The summed E-state index contributed by atoms with van der Waals surface area (Å²) in [5, 5.41) is 0.392. The third-order valence-electron chi connectivity index (χ3n) is 4.98. The topological polar surface area (TPSA) is 36.0 Å². The van der Waals surface area contributed by atoms with Crippen LogP contribution in [-0.4, -0.2) is 18.1 Å². The molecular formula is C23H17N3O2S. The second kappa shape index (κ2) is 6.76. The Bertz CT molecular complexity index is 1150. The molecule has 0 bridgehead atoms. The Kier molecular flexibility index (Phi) is 4.07. The molecule has 1 amide bonds. The minimum absolute atomic E-state index is 0.222. The Balaban J connectivity index is 1.70. The van der Waals surface area contributed by atoms with Crippen molar-refractivity contribution >= 4 is 40.3 Å². The standard InChI is InChI=1S/C23H17N3O2S/c1-24-18-14-8-9-15-19(18)28-22(24)20-21(27)26(17-12-6-3-7-13-17)23(29)25(20)16-10-4-2-5-11-16/h2-15H,1H3/b22-20-. The summed E-state index contributed by atoms with van der Waals surface area (Å²) >= 11 is 5.76. The third kappa shape index (κ3) is 2.68. The van der Waals surface area contributed by atoms with Gasteiger partial charge in [-0.05, 0) is 48.6 Å². The summed E-state index contributed by atoms with van der Waals surface area (Å²) in [7, 11) is 1.89. The van der Waals surface area contributed by atoms with Gasteiger partial charge < -0.3 is 9.64 Å². The average Bonchev–Trinajstić information content (AvgIpc) is 3.22. The number of amides is 1. The van der Waals surface area contributed by atoms with Crippen molar-refractivity contribution in [2.45, 2.75) is 0 Å². The predicted molar refractivity (Wildman–Crippen MR) is 118 cm³/mol. The van der Waals surface area contributed by atoms with E-state index in [1.165, 1.54) is 0 Å². The molecule has 142 valence electrons. The lowest BCUT2D eigenvalue weighted by atomic mass is 10.2. The lowest BCUT2D eigenvalue weighted by Crippen LogP contribution is -2.32. The number of benzene rings is 3. The maximum absolute atomic E-state index is 13.6. The molecule has 0 aliphatic carbocycles. The van der Waals surface area contributed by atoms with Crippen LogP contribution < -0.4 is 19.4 Å². The lowest BCUT2D eigenvalue weighted by molar-refractivity contribution is -0.113. The summed E-state index contributed by atoms with van der Waals surface area (Å²) in [4.78, 5) is 18.8. The normalized spacial score (nSPS) is 18.3. The maximum Gasteiger partial charge on any atom is 0.287 e. The van der Waals surface area contributed by atoms with Crippen molar-refractivity contribution in [3.05, 3.63) is 96.5 Å². The number of para-hydroxylation sites is 4. The average molecular weight is 399 g/mol. The number of nitrogens with zero attached hydrogens (tertiary/aromatic N) is 3. The number of carbonyl (C=O) groups is 1. The first-order valence-corrected chi connectivity index (χ1v) is 9.61. The molecule has 0 aromatic heterocycles. The molecule has 0 atom stereocenters. The van der Waals surface area contributed by atoms with Crippen molar-refractivity contribution in [3.63, 3.8) is 0 Å². The number of carbonyl (C=O) groups excluding carboxylic acids is 1. The van der Waals surface area contributed by atoms with Crippen molar-refractivity contribution in [3.8, 4) is 5.75 Å². The van der Waals surface area contributed by atoms with Crippen LogP contribution in [0.3, 0.4) is 0 Å². The molecule has 3 aromatic rings. The van der Waals surface area contributed by atoms with Gasteiger partial charge in [-0.25, -0.2) is 0 Å². The highest BCUT2D eigenvalue weighted by Crippen LogP contribution is 2.42. The zero-order valence-electron chi connectivity index (χ0n) is 15.6. The van der Waals surface area contributed by atoms with Crippen molar-refractivity contribution in [2.24, 2.45) is 0 Å². The highest BCUT2D eigenvalue weighted by molar-refractivity contribution is 7.81. The Labute approximate surface area is 174 Å². The van der Waals surface area contributed by atoms with Crippen LogP contribution in [0.5, 0.6) is 5.75 Å². The molecule has 0 radical (unpaired) electrons. The molecule has 29 heavy (non-hydrogen) atoms. The van der Waals surface area contributed by atoms with Gasteiger partial charge in [-0.2, -0.15) is 0 Å². The number of hydrogen-bond donors (Lipinski definition) is 0. The van der Waals surface area contributed by atoms with Crippen molar-refractivity contribution in [1.29, 1.82) is 0 Å². The summed E-state index contributed by atoms with van der Waals surface area (Å²) < 4.78 is 6.11. The Morgan fingerprint density at radius 1 is 0.759 bits per heavy atom. The minimum atomic E-state index is -0.222. The second-order valence-electron chi connectivity index (χ2n) is 6.71. The fourth-order valence-corrected chi connectivity index (χ4v) is 3.99. The minimum Gasteiger partial charge on any atom is -0.436 e. The lowest BCUT2D eigenvalue weighted by Gasteiger charge is -2.21. The molecule has 1 saturated heterocycles. The smallest absolute Gasteiger partial charge is 0.287 e. The van der Waals surface area contributed by atoms with E-state index in [1.807, 2.05) is 96.9 Å². The van der Waals surface area contributed by atoms with Crippen LogP contribution in [0.15, 0.2) is 96.5 Å². The zero-order valence-corrected chi connectivity index (χ0v) is 16.5. The van der Waals surface area contributed by atoms with Crippen LogP contribution in [0, 0.1) is 0 Å². The highest BCUT2D eigenvalue weighted by atomic mass is 32.1. The Hall–Kier alpha value is -3.64. The van der Waals surface area contributed by atoms with Gasteiger partial charge in [0.05, 0.1) is 11.4 Å². The first-order valence-electron chi connectivity index (χ1n) is 9.20. The van der Waals surface area contributed by atoms with Gasteiger partial charge >= 0.3 is 0 Å². The molecule has 0 unspecified atom stereocenters. The van der Waals surface area contributed by atoms with Gasteiger partial charge in [0.25, 0.3) is 5.91 Å². The van der Waals surface area contributed by atoms with Crippen LogP contribution in [0.4, 0.5) is 17.1 Å². The van der Waals surface area contributed by atoms with E-state index >= 15 is 0 Å². The number of thiocarbonyl (C=S) groups is 1. The van der Waals surface area contributed by atoms with Gasteiger partial charge in [0, 0.05) is 12.7 Å². The van der Waals surface area contributed by atoms with Gasteiger partial charge in [-0.3, -0.25) is 14.6 Å². The zero-order chi connectivity index (χ0) is 20.0. The van der Waals surface area contributed by atoms with Crippen LogP contribution in [0.2, 0.25) is 0 Å². The van der Waals surface area contributed by atoms with E-state index in [2.05, 4.69) is 0 Å². The molecule has 0 N–H and O–H groups in total. The predicted octanol–water partition coefficient (Wildman–Crippen LogP) is 4.52. The molecule has 2 aliphatic rings. The molecule has 5 rings (SSSR count). The van der Waals surface area contributed by atoms with Gasteiger partial charge in [-0.1, -0.05) is 48.5 Å². The van der Waals surface area contributed by atoms with Crippen molar-refractivity contribution in [2.75, 3.05) is 21.7 Å². The summed E-state index contributed by atoms with van der Waals surface area (Å²) in [5.41, 5.74) is 2.82. The quantitative estimate of drug-likeness (QED) is 0.468. The molecule has 1 fully saturated rings. The SMILES string of the molecule is CN1/C(=C2\C(=O)N(c3ccccc3)C(=S)N2c2ccccc2)Oc2ccccc21. The Morgan fingerprint density at radius 2 is 1.31 bits per heavy atom. The van der Waals surface area contributed by atoms with Crippen LogP contribution in [-0.2, 0) is 4.79 Å². The van der Waals surface area contributed by atoms with Crippen molar-refractivity contribution in [1.82, 2.24) is 0 Å². The molecule has 2 heterocycles. The fraction of sp³-hybridized carbons (Fsp3) is 0.0435. The number of hydrogen-bond acceptors (Lipinski definition) is 4. The number of ether oxygens (including phenoxy) is 1. The van der Waals surface area contributed by atoms with Crippen LogP contribution in [0.1, 0.15) is 0 Å². The van der Waals surface area contributed by atoms with Gasteiger partial charge in [0.2, 0.25) is 5.88 Å². The van der Waals surface area contributed by atoms with Gasteiger partial charge in [0.15, 0.2) is 16.6 Å². The summed E-state index contributed by atoms with van der Waals surface area (Å²) in [6.45, 7) is 0. The molecular weight excluding hydrogens is 382 g/mol. The van der Waals surface area contributed by atoms with E-state index in [0.29, 0.717) is 22.4 Å². The van der Waals surface area contributed by atoms with E-state index in [9.17, 15) is 4.79 Å². The van der Waals surface area contributed by atoms with Gasteiger partial charge in [0.1, 0.15) is 0 Å². The van der Waals surface area contributed by atoms with E-state index in [-0.39, 0.29) is 5.91 Å². The molecule has 0 spiro atoms. The summed E-state index contributed by atoms with van der Waals surface area (Å²) in [5.74, 6) is 0.947. The van der Waals surface area contributed by atoms with Crippen LogP contribution >= 0.6 is 12.2 Å². The largest absolute Gasteiger partial charge is 0.436 e. The summed E-state index contributed by atoms with van der Waals surface area (Å²) in [6, 6.07) is 26.7. The monoisotopic (exact) mass is 399 g/mol. The molecule has 2 aliphatic heterocycles. The van der Waals surface area contributed by atoms with E-state index in [4.69, 9.17) is 17.0 Å². The maximum atomic E-state index is 13.6. The third-order valence-corrected chi connectivity index (χ3v) is 5.35. The second-order valence-corrected chi connectivity index (χ2v) is 7.08. The number of fused-ring (bicyclic) bond motifs is 1. The summed E-state index contributed by atoms with van der Waals surface area (Å²) in [6.07, 6.45) is 0. The van der Waals surface area contributed by atoms with E-state index in [1.54, 1.807) is 9.80 Å². The number of anilines is 3. The van der Waals surface area contributed by atoms with E-state index in [0.717, 1.165) is 17.1 Å².